The first kappa shape index (κ1) is 29.5. The van der Waals surface area contributed by atoms with E-state index in [2.05, 4.69) is 11.1 Å². The van der Waals surface area contributed by atoms with Crippen molar-refractivity contribution in [1.29, 1.82) is 0 Å². The van der Waals surface area contributed by atoms with E-state index in [9.17, 15) is 4.79 Å². The quantitative estimate of drug-likeness (QED) is 0.218. The van der Waals surface area contributed by atoms with Crippen LogP contribution in [0.15, 0.2) is 102 Å². The third-order valence-corrected chi connectivity index (χ3v) is 7.75. The van der Waals surface area contributed by atoms with Crippen LogP contribution in [0.4, 0.5) is 0 Å². The van der Waals surface area contributed by atoms with E-state index in [4.69, 9.17) is 29.9 Å². The summed E-state index contributed by atoms with van der Waals surface area (Å²) in [6.07, 6.45) is -0.675. The summed E-state index contributed by atoms with van der Waals surface area (Å²) in [6, 6.07) is 32.2. The summed E-state index contributed by atoms with van der Waals surface area (Å²) < 4.78 is 27.5. The Morgan fingerprint density at radius 3 is 1.98 bits per heavy atom. The van der Waals surface area contributed by atoms with Crippen LogP contribution in [0.5, 0.6) is 0 Å². The molecule has 1 aromatic heterocycles. The fourth-order valence-corrected chi connectivity index (χ4v) is 5.44. The van der Waals surface area contributed by atoms with Crippen LogP contribution in [0.3, 0.4) is 0 Å². The highest BCUT2D eigenvalue weighted by molar-refractivity contribution is 7.99. The molecule has 0 spiro atoms. The number of rotatable bonds is 14. The SMILES string of the molecule is [NH+]#Cc1c(SCC(N)=O)ncn1[C@@H]1O[C@H](COCc2ccccc2)[C@@H](OCc2ccccc2)[C@H]1OCc1ccccc1. The molecule has 9 nitrogen and oxygen atoms in total. The number of nitrogens with zero attached hydrogens (tertiary/aromatic N) is 2. The third-order valence-electron chi connectivity index (χ3n) is 6.75. The Kier molecular flexibility index (Phi) is 10.4. The lowest BCUT2D eigenvalue weighted by Gasteiger charge is -2.25. The smallest absolute Gasteiger partial charge is 0.329 e. The Morgan fingerprint density at radius 1 is 0.881 bits per heavy atom. The van der Waals surface area contributed by atoms with E-state index in [1.165, 1.54) is 0 Å². The molecular formula is C32H33N4O5S+. The lowest BCUT2D eigenvalue weighted by atomic mass is 10.1. The molecule has 0 unspecified atom stereocenters. The van der Waals surface area contributed by atoms with Gasteiger partial charge in [-0.25, -0.2) is 4.98 Å². The molecule has 10 heteroatoms. The van der Waals surface area contributed by atoms with Crippen molar-refractivity contribution >= 4 is 17.7 Å². The van der Waals surface area contributed by atoms with Crippen LogP contribution >= 0.6 is 11.8 Å². The van der Waals surface area contributed by atoms with Gasteiger partial charge in [-0.05, 0) is 16.7 Å². The minimum absolute atomic E-state index is 0.0317. The fraction of sp³-hybridized carbons (Fsp3) is 0.281. The molecule has 0 radical (unpaired) electrons. The van der Waals surface area contributed by atoms with Crippen LogP contribution in [-0.2, 0) is 43.6 Å². The van der Waals surface area contributed by atoms with E-state index in [1.54, 1.807) is 10.9 Å². The largest absolute Gasteiger partial charge is 0.374 e. The molecule has 0 bridgehead atoms. The molecule has 1 amide bonds. The van der Waals surface area contributed by atoms with Crippen LogP contribution < -0.4 is 11.0 Å². The van der Waals surface area contributed by atoms with Gasteiger partial charge in [0.1, 0.15) is 23.3 Å². The lowest BCUT2D eigenvalue weighted by Crippen LogP contribution is -2.38. The highest BCUT2D eigenvalue weighted by Crippen LogP contribution is 2.37. The van der Waals surface area contributed by atoms with Crippen molar-refractivity contribution in [2.75, 3.05) is 12.4 Å². The molecule has 0 saturated carbocycles. The number of hydrogen-bond acceptors (Lipinski definition) is 7. The number of thioether (sulfide) groups is 1. The van der Waals surface area contributed by atoms with Crippen LogP contribution in [0.1, 0.15) is 28.6 Å². The second kappa shape index (κ2) is 14.8. The van der Waals surface area contributed by atoms with Crippen molar-refractivity contribution in [1.82, 2.24) is 9.55 Å². The minimum atomic E-state index is -0.692. The molecule has 2 heterocycles. The van der Waals surface area contributed by atoms with E-state index < -0.39 is 30.4 Å². The number of nitrogens with one attached hydrogen (secondary N) is 1. The lowest BCUT2D eigenvalue weighted by molar-refractivity contribution is -0.115. The number of hydrogen-bond donors (Lipinski definition) is 2. The summed E-state index contributed by atoms with van der Waals surface area (Å²) in [7, 11) is 0. The zero-order valence-electron chi connectivity index (χ0n) is 23.0. The van der Waals surface area contributed by atoms with Gasteiger partial charge in [-0.2, -0.15) is 0 Å². The van der Waals surface area contributed by atoms with Gasteiger partial charge in [0.05, 0.1) is 38.5 Å². The molecule has 216 valence electrons. The predicted octanol–water partition coefficient (Wildman–Crippen LogP) is 2.87. The van der Waals surface area contributed by atoms with Crippen molar-refractivity contribution in [2.45, 2.75) is 49.4 Å². The molecule has 1 fully saturated rings. The van der Waals surface area contributed by atoms with Crippen LogP contribution in [0.2, 0.25) is 0 Å². The number of imidazole rings is 1. The van der Waals surface area contributed by atoms with Gasteiger partial charge < -0.3 is 24.7 Å². The van der Waals surface area contributed by atoms with Gasteiger partial charge in [0.15, 0.2) is 6.23 Å². The molecule has 5 rings (SSSR count). The fourth-order valence-electron chi connectivity index (χ4n) is 4.75. The predicted molar refractivity (Wildman–Crippen MR) is 156 cm³/mol. The normalized spacial score (nSPS) is 19.9. The van der Waals surface area contributed by atoms with Gasteiger partial charge in [-0.3, -0.25) is 9.36 Å². The standard InChI is InChI=1S/C32H32N4O5S/c33-16-26-31(42-21-28(34)37)35-22-36(26)32-30(40-19-25-14-8-3-9-15-25)29(39-18-24-12-6-2-7-13-24)27(41-32)20-38-17-23-10-4-1-5-11-23/h1-15,22,27,29-30,32H,17-21H2,(H2,34,37)/p+1/t27-,29-,30-,32-/m1/s1. The number of ether oxygens (including phenoxy) is 4. The molecule has 3 aromatic carbocycles. The highest BCUT2D eigenvalue weighted by atomic mass is 32.2. The number of carbonyl (C=O) groups excluding carboxylic acids is 1. The Hall–Kier alpha value is -3.98. The first-order chi connectivity index (χ1) is 20.6. The summed E-state index contributed by atoms with van der Waals surface area (Å²) in [5.41, 5.74) is 8.79. The third kappa shape index (κ3) is 7.64. The number of carbonyl (C=O) groups is 1. The summed E-state index contributed by atoms with van der Waals surface area (Å²) >= 11 is 1.15. The number of primary amides is 1. The maximum Gasteiger partial charge on any atom is 0.329 e. The van der Waals surface area contributed by atoms with Crippen molar-refractivity contribution in [3.05, 3.63) is 120 Å². The average Bonchev–Trinajstić information content (AvgIpc) is 3.59. The molecule has 4 atom stereocenters. The Bertz CT molecular complexity index is 1460. The van der Waals surface area contributed by atoms with Crippen molar-refractivity contribution in [3.8, 4) is 6.07 Å². The zero-order valence-corrected chi connectivity index (χ0v) is 23.8. The number of benzene rings is 3. The Morgan fingerprint density at radius 2 is 1.43 bits per heavy atom. The molecule has 3 N–H and O–H groups in total. The van der Waals surface area contributed by atoms with Crippen molar-refractivity contribution < 1.29 is 29.0 Å². The highest BCUT2D eigenvalue weighted by Gasteiger charge is 2.48. The molecule has 0 aliphatic carbocycles. The van der Waals surface area contributed by atoms with Gasteiger partial charge >= 0.3 is 6.07 Å². The number of amides is 1. The molecular weight excluding hydrogens is 552 g/mol. The second-order valence-corrected chi connectivity index (χ2v) is 10.7. The van der Waals surface area contributed by atoms with E-state index in [0.717, 1.165) is 28.5 Å². The molecule has 4 aromatic rings. The molecule has 1 aliphatic heterocycles. The van der Waals surface area contributed by atoms with Crippen molar-refractivity contribution in [2.24, 2.45) is 5.73 Å². The van der Waals surface area contributed by atoms with E-state index in [0.29, 0.717) is 30.5 Å². The molecule has 1 saturated heterocycles. The van der Waals surface area contributed by atoms with Gasteiger partial charge in [0.2, 0.25) is 11.6 Å². The van der Waals surface area contributed by atoms with E-state index in [1.807, 2.05) is 91.0 Å². The van der Waals surface area contributed by atoms with Crippen LogP contribution in [0.25, 0.3) is 0 Å². The number of nitrogens with two attached hydrogens (primary N) is 1. The number of aromatic nitrogens is 2. The molecule has 42 heavy (non-hydrogen) atoms. The second-order valence-electron chi connectivity index (χ2n) is 9.77. The monoisotopic (exact) mass is 585 g/mol. The summed E-state index contributed by atoms with van der Waals surface area (Å²) in [4.78, 5) is 15.8. The Labute approximate surface area is 249 Å². The van der Waals surface area contributed by atoms with Crippen molar-refractivity contribution in [3.63, 3.8) is 0 Å². The maximum atomic E-state index is 11.4. The zero-order chi connectivity index (χ0) is 29.1. The van der Waals surface area contributed by atoms with Crippen LogP contribution in [-0.4, -0.2) is 46.1 Å². The summed E-state index contributed by atoms with van der Waals surface area (Å²) in [5, 5.41) is 8.46. The first-order valence-electron chi connectivity index (χ1n) is 13.6. The van der Waals surface area contributed by atoms with E-state index in [-0.39, 0.29) is 12.4 Å². The van der Waals surface area contributed by atoms with Gasteiger partial charge in [-0.15, -0.1) is 0 Å². The first-order valence-corrected chi connectivity index (χ1v) is 14.6. The van der Waals surface area contributed by atoms with Gasteiger partial charge in [0.25, 0.3) is 0 Å². The molecule has 1 aliphatic rings. The average molecular weight is 586 g/mol. The van der Waals surface area contributed by atoms with Gasteiger partial charge in [-0.1, -0.05) is 108 Å². The topological polar surface area (TPSA) is 122 Å². The van der Waals surface area contributed by atoms with E-state index >= 15 is 0 Å². The Balaban J connectivity index is 1.42. The summed E-state index contributed by atoms with van der Waals surface area (Å²) in [5.74, 6) is -0.444. The minimum Gasteiger partial charge on any atom is -0.374 e. The van der Waals surface area contributed by atoms with Crippen LogP contribution in [0, 0.1) is 6.07 Å². The maximum absolute atomic E-state index is 11.4. The van der Waals surface area contributed by atoms with Gasteiger partial charge in [0, 0.05) is 0 Å². The summed E-state index contributed by atoms with van der Waals surface area (Å²) in [6.45, 7) is 1.37.